The SMILES string of the molecule is COc1cc(N2CCC(Oc3ccc(N4CCC[C@@H]4CC(=O)O)cc3Cl)C(C)C2)c(Cl)cn1. The van der Waals surface area contributed by atoms with Crippen LogP contribution in [0.4, 0.5) is 11.4 Å². The number of hydrogen-bond donors (Lipinski definition) is 1. The average Bonchev–Trinajstić information content (AvgIpc) is 3.24. The second-order valence-electron chi connectivity index (χ2n) is 8.75. The van der Waals surface area contributed by atoms with E-state index >= 15 is 0 Å². The van der Waals surface area contributed by atoms with Crippen LogP contribution in [0.15, 0.2) is 30.5 Å². The van der Waals surface area contributed by atoms with Crippen LogP contribution < -0.4 is 19.3 Å². The number of carboxylic acid groups (broad SMARTS) is 1. The maximum Gasteiger partial charge on any atom is 0.305 e. The molecule has 7 nitrogen and oxygen atoms in total. The third-order valence-electron chi connectivity index (χ3n) is 6.50. The van der Waals surface area contributed by atoms with E-state index < -0.39 is 5.97 Å². The Morgan fingerprint density at radius 3 is 2.73 bits per heavy atom. The van der Waals surface area contributed by atoms with Crippen molar-refractivity contribution in [2.45, 2.75) is 44.8 Å². The largest absolute Gasteiger partial charge is 0.488 e. The van der Waals surface area contributed by atoms with Crippen molar-refractivity contribution in [1.29, 1.82) is 0 Å². The molecule has 1 N–H and O–H groups in total. The molecule has 2 aliphatic rings. The Kier molecular flexibility index (Phi) is 7.39. The predicted octanol–water partition coefficient (Wildman–Crippen LogP) is 5.13. The van der Waals surface area contributed by atoms with Gasteiger partial charge in [0.15, 0.2) is 0 Å². The van der Waals surface area contributed by atoms with Crippen molar-refractivity contribution in [3.05, 3.63) is 40.5 Å². The van der Waals surface area contributed by atoms with Gasteiger partial charge in [0.05, 0.1) is 35.5 Å². The van der Waals surface area contributed by atoms with Crippen molar-refractivity contribution in [3.8, 4) is 11.6 Å². The molecule has 2 unspecified atom stereocenters. The van der Waals surface area contributed by atoms with Gasteiger partial charge in [-0.1, -0.05) is 30.1 Å². The lowest BCUT2D eigenvalue weighted by atomic mass is 9.96. The standard InChI is InChI=1S/C24H29Cl2N3O4/c1-15-14-28(20-12-23(32-2)27-13-19(20)26)9-7-21(15)33-22-6-5-17(10-18(22)25)29-8-3-4-16(29)11-24(30)31/h5-6,10,12-13,15-16,21H,3-4,7-9,11,14H2,1-2H3,(H,30,31)/t15?,16-,21?/m1/s1. The van der Waals surface area contributed by atoms with E-state index in [-0.39, 0.29) is 24.5 Å². The first-order valence-corrected chi connectivity index (χ1v) is 12.0. The van der Waals surface area contributed by atoms with Crippen LogP contribution in [0.1, 0.15) is 32.6 Å². The number of hydrogen-bond acceptors (Lipinski definition) is 6. The normalized spacial score (nSPS) is 23.0. The topological polar surface area (TPSA) is 75.1 Å². The van der Waals surface area contributed by atoms with Crippen LogP contribution in [0.2, 0.25) is 10.0 Å². The summed E-state index contributed by atoms with van der Waals surface area (Å²) in [7, 11) is 1.59. The molecule has 2 saturated heterocycles. The zero-order valence-corrected chi connectivity index (χ0v) is 20.3. The molecule has 0 saturated carbocycles. The van der Waals surface area contributed by atoms with Crippen molar-refractivity contribution < 1.29 is 19.4 Å². The number of pyridine rings is 1. The Morgan fingerprint density at radius 2 is 2.03 bits per heavy atom. The number of nitrogens with zero attached hydrogens (tertiary/aromatic N) is 3. The highest BCUT2D eigenvalue weighted by molar-refractivity contribution is 6.33. The van der Waals surface area contributed by atoms with E-state index in [0.717, 1.165) is 50.3 Å². The molecule has 2 fully saturated rings. The number of halogens is 2. The number of piperidine rings is 1. The molecule has 1 aromatic heterocycles. The summed E-state index contributed by atoms with van der Waals surface area (Å²) >= 11 is 13.0. The number of anilines is 2. The summed E-state index contributed by atoms with van der Waals surface area (Å²) in [5.41, 5.74) is 1.86. The molecule has 0 aliphatic carbocycles. The van der Waals surface area contributed by atoms with Crippen LogP contribution in [0.3, 0.4) is 0 Å². The Labute approximate surface area is 204 Å². The van der Waals surface area contributed by atoms with Crippen molar-refractivity contribution in [3.63, 3.8) is 0 Å². The number of aliphatic carboxylic acids is 1. The van der Waals surface area contributed by atoms with Gasteiger partial charge in [-0.3, -0.25) is 4.79 Å². The molecule has 4 rings (SSSR count). The summed E-state index contributed by atoms with van der Waals surface area (Å²) in [5.74, 6) is 0.673. The molecule has 2 aliphatic heterocycles. The smallest absolute Gasteiger partial charge is 0.305 e. The van der Waals surface area contributed by atoms with Gasteiger partial charge in [-0.05, 0) is 31.0 Å². The Balaban J connectivity index is 1.41. The number of ether oxygens (including phenoxy) is 2. The second-order valence-corrected chi connectivity index (χ2v) is 9.56. The van der Waals surface area contributed by atoms with Gasteiger partial charge in [-0.2, -0.15) is 0 Å². The molecular weight excluding hydrogens is 465 g/mol. The van der Waals surface area contributed by atoms with E-state index in [1.165, 1.54) is 0 Å². The van der Waals surface area contributed by atoms with Crippen LogP contribution in [-0.2, 0) is 4.79 Å². The molecule has 0 radical (unpaired) electrons. The minimum absolute atomic E-state index is 0.00770. The lowest BCUT2D eigenvalue weighted by Gasteiger charge is -2.38. The molecule has 9 heteroatoms. The Hall–Kier alpha value is -2.38. The van der Waals surface area contributed by atoms with Crippen molar-refractivity contribution >= 4 is 40.5 Å². The van der Waals surface area contributed by atoms with Gasteiger partial charge in [-0.15, -0.1) is 0 Å². The van der Waals surface area contributed by atoms with Crippen molar-refractivity contribution in [2.75, 3.05) is 36.5 Å². The second kappa shape index (κ2) is 10.3. The molecule has 0 amide bonds. The lowest BCUT2D eigenvalue weighted by molar-refractivity contribution is -0.137. The third kappa shape index (κ3) is 5.41. The molecule has 1 aromatic carbocycles. The summed E-state index contributed by atoms with van der Waals surface area (Å²) in [6.45, 7) is 4.58. The highest BCUT2D eigenvalue weighted by Crippen LogP contribution is 2.37. The molecule has 3 heterocycles. The van der Waals surface area contributed by atoms with Gasteiger partial charge in [0, 0.05) is 49.8 Å². The first-order valence-electron chi connectivity index (χ1n) is 11.2. The molecule has 2 aromatic rings. The Morgan fingerprint density at radius 1 is 1.21 bits per heavy atom. The first kappa shape index (κ1) is 23.8. The number of benzene rings is 1. The summed E-state index contributed by atoms with van der Waals surface area (Å²) in [5, 5.41) is 10.3. The fourth-order valence-electron chi connectivity index (χ4n) is 4.80. The van der Waals surface area contributed by atoms with E-state index in [1.54, 1.807) is 13.3 Å². The summed E-state index contributed by atoms with van der Waals surface area (Å²) in [6.07, 6.45) is 4.47. The fraction of sp³-hybridized carbons (Fsp3) is 0.500. The highest BCUT2D eigenvalue weighted by Gasteiger charge is 2.30. The zero-order chi connectivity index (χ0) is 23.5. The van der Waals surface area contributed by atoms with E-state index in [4.69, 9.17) is 32.7 Å². The predicted molar refractivity (Wildman–Crippen MR) is 130 cm³/mol. The van der Waals surface area contributed by atoms with E-state index in [2.05, 4.69) is 21.7 Å². The summed E-state index contributed by atoms with van der Waals surface area (Å²) in [4.78, 5) is 19.7. The van der Waals surface area contributed by atoms with Crippen LogP contribution in [0.25, 0.3) is 0 Å². The van der Waals surface area contributed by atoms with Crippen molar-refractivity contribution in [1.82, 2.24) is 4.98 Å². The Bertz CT molecular complexity index is 1010. The van der Waals surface area contributed by atoms with Gasteiger partial charge >= 0.3 is 5.97 Å². The van der Waals surface area contributed by atoms with Crippen LogP contribution >= 0.6 is 23.2 Å². The van der Waals surface area contributed by atoms with Crippen LogP contribution in [0, 0.1) is 5.92 Å². The molecule has 0 bridgehead atoms. The highest BCUT2D eigenvalue weighted by atomic mass is 35.5. The van der Waals surface area contributed by atoms with Crippen molar-refractivity contribution in [2.24, 2.45) is 5.92 Å². The molecular formula is C24H29Cl2N3O4. The number of carboxylic acids is 1. The zero-order valence-electron chi connectivity index (χ0n) is 18.8. The minimum Gasteiger partial charge on any atom is -0.488 e. The van der Waals surface area contributed by atoms with Gasteiger partial charge in [0.1, 0.15) is 11.9 Å². The summed E-state index contributed by atoms with van der Waals surface area (Å²) < 4.78 is 11.6. The van der Waals surface area contributed by atoms with E-state index in [9.17, 15) is 9.90 Å². The fourth-order valence-corrected chi connectivity index (χ4v) is 5.24. The third-order valence-corrected chi connectivity index (χ3v) is 7.09. The van der Waals surface area contributed by atoms with Gasteiger partial charge in [0.2, 0.25) is 5.88 Å². The molecule has 33 heavy (non-hydrogen) atoms. The monoisotopic (exact) mass is 493 g/mol. The average molecular weight is 494 g/mol. The quantitative estimate of drug-likeness (QED) is 0.572. The van der Waals surface area contributed by atoms with E-state index in [0.29, 0.717) is 21.7 Å². The number of methoxy groups -OCH3 is 1. The van der Waals surface area contributed by atoms with Gasteiger partial charge < -0.3 is 24.4 Å². The van der Waals surface area contributed by atoms with Gasteiger partial charge in [0.25, 0.3) is 0 Å². The molecule has 3 atom stereocenters. The van der Waals surface area contributed by atoms with E-state index in [1.807, 2.05) is 24.3 Å². The summed E-state index contributed by atoms with van der Waals surface area (Å²) in [6, 6.07) is 7.64. The number of rotatable bonds is 7. The maximum absolute atomic E-state index is 11.2. The molecule has 0 spiro atoms. The lowest BCUT2D eigenvalue weighted by Crippen LogP contribution is -2.44. The number of carbonyl (C=O) groups is 1. The van der Waals surface area contributed by atoms with Crippen LogP contribution in [-0.4, -0.2) is 54.9 Å². The number of aromatic nitrogens is 1. The van der Waals surface area contributed by atoms with Crippen LogP contribution in [0.5, 0.6) is 11.6 Å². The molecule has 178 valence electrons. The minimum atomic E-state index is -0.773. The first-order chi connectivity index (χ1) is 15.9. The van der Waals surface area contributed by atoms with Gasteiger partial charge in [-0.25, -0.2) is 4.98 Å². The maximum atomic E-state index is 11.2.